The molecule has 8 heteroatoms. The summed E-state index contributed by atoms with van der Waals surface area (Å²) in [5.41, 5.74) is 2.28. The third kappa shape index (κ3) is 4.25. The Hall–Kier alpha value is -2.09. The number of carbonyl (C=O) groups is 1. The predicted octanol–water partition coefficient (Wildman–Crippen LogP) is 1.78. The van der Waals surface area contributed by atoms with Gasteiger partial charge in [-0.05, 0) is 48.2 Å². The van der Waals surface area contributed by atoms with Crippen LogP contribution in [0.1, 0.15) is 30.0 Å². The van der Waals surface area contributed by atoms with Crippen LogP contribution in [0.3, 0.4) is 0 Å². The van der Waals surface area contributed by atoms with Crippen molar-refractivity contribution in [2.24, 2.45) is 0 Å². The number of nitrogens with one attached hydrogen (secondary N) is 1. The Kier molecular flexibility index (Phi) is 5.34. The van der Waals surface area contributed by atoms with E-state index in [-0.39, 0.29) is 5.91 Å². The molecule has 3 rings (SSSR count). The molecule has 7 nitrogen and oxygen atoms in total. The van der Waals surface area contributed by atoms with Crippen LogP contribution >= 0.6 is 11.8 Å². The molecule has 1 aliphatic rings. The summed E-state index contributed by atoms with van der Waals surface area (Å²) in [6, 6.07) is 6.48. The van der Waals surface area contributed by atoms with E-state index in [1.165, 1.54) is 17.3 Å². The fourth-order valence-electron chi connectivity index (χ4n) is 2.45. The number of nitrogens with zero attached hydrogens (tertiary/aromatic N) is 4. The lowest BCUT2D eigenvalue weighted by Crippen LogP contribution is -2.27. The van der Waals surface area contributed by atoms with E-state index in [1.54, 1.807) is 7.11 Å². The summed E-state index contributed by atoms with van der Waals surface area (Å²) in [5, 5.41) is 15.3. The highest BCUT2D eigenvalue weighted by molar-refractivity contribution is 7.99. The van der Waals surface area contributed by atoms with Crippen molar-refractivity contribution in [1.29, 1.82) is 0 Å². The molecule has 0 spiro atoms. The van der Waals surface area contributed by atoms with Crippen LogP contribution in [0.4, 0.5) is 0 Å². The van der Waals surface area contributed by atoms with E-state index < -0.39 is 0 Å². The maximum Gasteiger partial charge on any atom is 0.230 e. The van der Waals surface area contributed by atoms with Gasteiger partial charge in [0.05, 0.1) is 18.9 Å². The zero-order chi connectivity index (χ0) is 16.9. The lowest BCUT2D eigenvalue weighted by Gasteiger charge is -2.10. The minimum Gasteiger partial charge on any atom is -0.496 e. The van der Waals surface area contributed by atoms with Gasteiger partial charge in [0.1, 0.15) is 5.75 Å². The Balaban J connectivity index is 1.44. The summed E-state index contributed by atoms with van der Waals surface area (Å²) < 4.78 is 7.17. The van der Waals surface area contributed by atoms with E-state index in [2.05, 4.69) is 26.9 Å². The summed E-state index contributed by atoms with van der Waals surface area (Å²) in [6.07, 6.45) is 2.97. The lowest BCUT2D eigenvalue weighted by molar-refractivity contribution is -0.118. The van der Waals surface area contributed by atoms with Crippen molar-refractivity contribution >= 4 is 17.7 Å². The lowest BCUT2D eigenvalue weighted by atomic mass is 10.1. The molecule has 0 bridgehead atoms. The molecule has 0 radical (unpaired) electrons. The van der Waals surface area contributed by atoms with Crippen molar-refractivity contribution in [2.45, 2.75) is 37.4 Å². The first-order chi connectivity index (χ1) is 11.7. The van der Waals surface area contributed by atoms with Gasteiger partial charge in [-0.15, -0.1) is 5.10 Å². The van der Waals surface area contributed by atoms with Gasteiger partial charge in [0, 0.05) is 6.54 Å². The molecule has 0 aliphatic heterocycles. The highest BCUT2D eigenvalue weighted by Gasteiger charge is 2.28. The number of amides is 1. The van der Waals surface area contributed by atoms with Gasteiger partial charge >= 0.3 is 0 Å². The van der Waals surface area contributed by atoms with E-state index in [0.29, 0.717) is 23.5 Å². The molecule has 1 aromatic carbocycles. The van der Waals surface area contributed by atoms with Crippen molar-refractivity contribution in [1.82, 2.24) is 25.5 Å². The number of hydrogen-bond donors (Lipinski definition) is 1. The summed E-state index contributed by atoms with van der Waals surface area (Å²) >= 11 is 1.38. The van der Waals surface area contributed by atoms with Crippen molar-refractivity contribution < 1.29 is 9.53 Å². The van der Waals surface area contributed by atoms with E-state index >= 15 is 0 Å². The van der Waals surface area contributed by atoms with Gasteiger partial charge in [-0.25, -0.2) is 4.68 Å². The Bertz CT molecular complexity index is 714. The second-order valence-corrected chi connectivity index (χ2v) is 6.78. The van der Waals surface area contributed by atoms with Crippen LogP contribution in [0.25, 0.3) is 0 Å². The fraction of sp³-hybridized carbons (Fsp3) is 0.500. The van der Waals surface area contributed by atoms with Gasteiger partial charge in [-0.3, -0.25) is 4.79 Å². The maximum atomic E-state index is 12.0. The zero-order valence-electron chi connectivity index (χ0n) is 13.9. The molecule has 1 saturated carbocycles. The second kappa shape index (κ2) is 7.65. The maximum absolute atomic E-state index is 12.0. The van der Waals surface area contributed by atoms with Crippen molar-refractivity contribution in [3.8, 4) is 5.75 Å². The number of methoxy groups -OCH3 is 1. The molecule has 1 fully saturated rings. The largest absolute Gasteiger partial charge is 0.496 e. The van der Waals surface area contributed by atoms with E-state index in [4.69, 9.17) is 4.74 Å². The molecule has 24 heavy (non-hydrogen) atoms. The van der Waals surface area contributed by atoms with E-state index in [9.17, 15) is 4.79 Å². The Morgan fingerprint density at radius 2 is 2.29 bits per heavy atom. The Morgan fingerprint density at radius 3 is 3.04 bits per heavy atom. The molecule has 2 aromatic rings. The average Bonchev–Trinajstić information content (AvgIpc) is 3.31. The zero-order valence-corrected chi connectivity index (χ0v) is 14.7. The van der Waals surface area contributed by atoms with Crippen molar-refractivity contribution in [2.75, 3.05) is 19.4 Å². The summed E-state index contributed by atoms with van der Waals surface area (Å²) in [4.78, 5) is 12.0. The number of aromatic nitrogens is 4. The number of hydrogen-bond acceptors (Lipinski definition) is 6. The Morgan fingerprint density at radius 1 is 1.46 bits per heavy atom. The second-order valence-electron chi connectivity index (χ2n) is 5.84. The normalized spacial score (nSPS) is 13.8. The number of aryl methyl sites for hydroxylation is 1. The molecular weight excluding hydrogens is 326 g/mol. The van der Waals surface area contributed by atoms with Gasteiger partial charge in [0.25, 0.3) is 0 Å². The third-order valence-corrected chi connectivity index (χ3v) is 4.77. The average molecular weight is 347 g/mol. The topological polar surface area (TPSA) is 81.9 Å². The fourth-order valence-corrected chi connectivity index (χ4v) is 3.22. The van der Waals surface area contributed by atoms with Crippen LogP contribution in [0.2, 0.25) is 0 Å². The van der Waals surface area contributed by atoms with Gasteiger partial charge in [-0.2, -0.15) is 0 Å². The quantitative estimate of drug-likeness (QED) is 0.733. The van der Waals surface area contributed by atoms with Crippen LogP contribution < -0.4 is 10.1 Å². The minimum atomic E-state index is -0.0167. The van der Waals surface area contributed by atoms with Crippen molar-refractivity contribution in [3.05, 3.63) is 29.3 Å². The van der Waals surface area contributed by atoms with Gasteiger partial charge in [0.2, 0.25) is 11.1 Å². The standard InChI is InChI=1S/C16H21N5O2S/c1-11-3-6-14(23-2)12(9-11)7-8-17-15(22)10-24-16-18-19-20-21(16)13-4-5-13/h3,6,9,13H,4-5,7-8,10H2,1-2H3,(H,17,22). The summed E-state index contributed by atoms with van der Waals surface area (Å²) in [5.74, 6) is 1.16. The first kappa shape index (κ1) is 16.8. The SMILES string of the molecule is COc1ccc(C)cc1CCNC(=O)CSc1nnnn1C1CC1. The number of carbonyl (C=O) groups excluding carboxylic acids is 1. The molecular formula is C16H21N5O2S. The number of tetrazole rings is 1. The van der Waals surface area contributed by atoms with Crippen LogP contribution in [0.15, 0.2) is 23.4 Å². The third-order valence-electron chi connectivity index (χ3n) is 3.84. The van der Waals surface area contributed by atoms with Crippen molar-refractivity contribution in [3.63, 3.8) is 0 Å². The van der Waals surface area contributed by atoms with Gasteiger partial charge in [-0.1, -0.05) is 29.5 Å². The number of benzene rings is 1. The highest BCUT2D eigenvalue weighted by Crippen LogP contribution is 2.36. The molecule has 1 N–H and O–H groups in total. The Labute approximate surface area is 145 Å². The number of thioether (sulfide) groups is 1. The molecule has 1 aromatic heterocycles. The van der Waals surface area contributed by atoms with Gasteiger partial charge < -0.3 is 10.1 Å². The molecule has 0 unspecified atom stereocenters. The van der Waals surface area contributed by atoms with Crippen LogP contribution in [0, 0.1) is 6.92 Å². The number of rotatable bonds is 8. The number of ether oxygens (including phenoxy) is 1. The van der Waals surface area contributed by atoms with E-state index in [1.807, 2.05) is 23.7 Å². The molecule has 1 amide bonds. The predicted molar refractivity (Wildman–Crippen MR) is 91.3 cm³/mol. The molecule has 0 atom stereocenters. The highest BCUT2D eigenvalue weighted by atomic mass is 32.2. The van der Waals surface area contributed by atoms with Crippen LogP contribution in [0.5, 0.6) is 5.75 Å². The van der Waals surface area contributed by atoms with Crippen LogP contribution in [-0.2, 0) is 11.2 Å². The molecule has 128 valence electrons. The molecule has 1 aliphatic carbocycles. The first-order valence-electron chi connectivity index (χ1n) is 7.98. The van der Waals surface area contributed by atoms with Crippen LogP contribution in [-0.4, -0.2) is 45.5 Å². The van der Waals surface area contributed by atoms with E-state index in [0.717, 1.165) is 30.6 Å². The smallest absolute Gasteiger partial charge is 0.230 e. The monoisotopic (exact) mass is 347 g/mol. The minimum absolute atomic E-state index is 0.0167. The first-order valence-corrected chi connectivity index (χ1v) is 8.97. The van der Waals surface area contributed by atoms with Gasteiger partial charge in [0.15, 0.2) is 0 Å². The summed E-state index contributed by atoms with van der Waals surface area (Å²) in [6.45, 7) is 2.62. The summed E-state index contributed by atoms with van der Waals surface area (Å²) in [7, 11) is 1.66. The molecule has 0 saturated heterocycles. The molecule has 1 heterocycles.